The minimum absolute atomic E-state index is 0.535. The molecule has 17 heavy (non-hydrogen) atoms. The third kappa shape index (κ3) is 3.73. The van der Waals surface area contributed by atoms with E-state index in [2.05, 4.69) is 35.2 Å². The van der Waals surface area contributed by atoms with E-state index in [0.29, 0.717) is 5.92 Å². The molecule has 1 aromatic rings. The number of thioether (sulfide) groups is 1. The quantitative estimate of drug-likeness (QED) is 0.834. The maximum absolute atomic E-state index is 4.47. The number of aliphatic imine (C=N–C) groups is 1. The van der Waals surface area contributed by atoms with Gasteiger partial charge in [-0.1, -0.05) is 13.8 Å². The third-order valence-electron chi connectivity index (χ3n) is 2.74. The maximum atomic E-state index is 4.47. The van der Waals surface area contributed by atoms with Gasteiger partial charge in [0.2, 0.25) is 0 Å². The summed E-state index contributed by atoms with van der Waals surface area (Å²) >= 11 is 1.80. The largest absolute Gasteiger partial charge is 0.373 e. The molecular formula is C13H19N3S. The van der Waals surface area contributed by atoms with Gasteiger partial charge in [0.15, 0.2) is 0 Å². The van der Waals surface area contributed by atoms with Gasteiger partial charge in [-0.05, 0) is 24.0 Å². The molecule has 0 saturated heterocycles. The van der Waals surface area contributed by atoms with E-state index >= 15 is 0 Å². The molecular weight excluding hydrogens is 230 g/mol. The fourth-order valence-corrected chi connectivity index (χ4v) is 2.51. The van der Waals surface area contributed by atoms with Crippen molar-refractivity contribution in [3.8, 4) is 0 Å². The van der Waals surface area contributed by atoms with Crippen LogP contribution in [0, 0.1) is 0 Å². The van der Waals surface area contributed by atoms with Gasteiger partial charge in [0.1, 0.15) is 5.84 Å². The summed E-state index contributed by atoms with van der Waals surface area (Å²) < 4.78 is 0. The number of amidine groups is 1. The molecule has 1 N–H and O–H groups in total. The van der Waals surface area contributed by atoms with Crippen LogP contribution in [-0.2, 0) is 0 Å². The molecule has 92 valence electrons. The van der Waals surface area contributed by atoms with Crippen molar-refractivity contribution in [3.63, 3.8) is 0 Å². The first-order valence-corrected chi connectivity index (χ1v) is 7.09. The fourth-order valence-electron chi connectivity index (χ4n) is 1.66. The van der Waals surface area contributed by atoms with E-state index in [9.17, 15) is 0 Å². The topological polar surface area (TPSA) is 37.3 Å². The number of pyridine rings is 1. The van der Waals surface area contributed by atoms with E-state index in [0.717, 1.165) is 31.1 Å². The van der Waals surface area contributed by atoms with E-state index in [1.165, 1.54) is 10.5 Å². The molecule has 0 saturated carbocycles. The Morgan fingerprint density at radius 2 is 2.29 bits per heavy atom. The molecule has 1 aromatic heterocycles. The van der Waals surface area contributed by atoms with E-state index in [4.69, 9.17) is 0 Å². The van der Waals surface area contributed by atoms with E-state index in [1.807, 2.05) is 12.4 Å². The molecule has 0 fully saturated rings. The number of nitrogens with one attached hydrogen (secondary N) is 1. The van der Waals surface area contributed by atoms with Crippen molar-refractivity contribution in [3.05, 3.63) is 24.0 Å². The summed E-state index contributed by atoms with van der Waals surface area (Å²) in [5.74, 6) is 2.58. The summed E-state index contributed by atoms with van der Waals surface area (Å²) in [7, 11) is 0. The Morgan fingerprint density at radius 1 is 1.41 bits per heavy atom. The third-order valence-corrected chi connectivity index (χ3v) is 3.72. The second-order valence-corrected chi connectivity index (χ2v) is 5.55. The van der Waals surface area contributed by atoms with Crippen LogP contribution in [-0.4, -0.2) is 29.7 Å². The fraction of sp³-hybridized carbons (Fsp3) is 0.538. The summed E-state index contributed by atoms with van der Waals surface area (Å²) in [6, 6.07) is 2.23. The lowest BCUT2D eigenvalue weighted by Gasteiger charge is -2.14. The van der Waals surface area contributed by atoms with Crippen LogP contribution >= 0.6 is 11.8 Å². The summed E-state index contributed by atoms with van der Waals surface area (Å²) in [6.07, 6.45) is 5.03. The van der Waals surface area contributed by atoms with Gasteiger partial charge < -0.3 is 5.32 Å². The monoisotopic (exact) mass is 249 g/mol. The molecule has 0 bridgehead atoms. The van der Waals surface area contributed by atoms with Crippen LogP contribution < -0.4 is 5.32 Å². The van der Waals surface area contributed by atoms with Gasteiger partial charge in [0, 0.05) is 30.4 Å². The van der Waals surface area contributed by atoms with Gasteiger partial charge in [-0.15, -0.1) is 11.8 Å². The van der Waals surface area contributed by atoms with Gasteiger partial charge >= 0.3 is 0 Å². The first-order chi connectivity index (χ1) is 8.25. The number of nitrogens with zero attached hydrogens (tertiary/aromatic N) is 2. The number of rotatable bonds is 4. The Labute approximate surface area is 107 Å². The SMILES string of the molecule is CC(C)c1cncc(SCC2=NCCCN2)c1. The van der Waals surface area contributed by atoms with Crippen molar-refractivity contribution >= 4 is 17.6 Å². The predicted molar refractivity (Wildman–Crippen MR) is 74.0 cm³/mol. The van der Waals surface area contributed by atoms with Gasteiger partial charge in [-0.2, -0.15) is 0 Å². The Hall–Kier alpha value is -1.03. The lowest BCUT2D eigenvalue weighted by Crippen LogP contribution is -2.31. The van der Waals surface area contributed by atoms with Crippen molar-refractivity contribution in [2.24, 2.45) is 4.99 Å². The molecule has 0 unspecified atom stereocenters. The number of hydrogen-bond donors (Lipinski definition) is 1. The first-order valence-electron chi connectivity index (χ1n) is 6.10. The van der Waals surface area contributed by atoms with Crippen molar-refractivity contribution in [1.82, 2.24) is 10.3 Å². The molecule has 0 aliphatic carbocycles. The van der Waals surface area contributed by atoms with Crippen LogP contribution in [0.3, 0.4) is 0 Å². The molecule has 2 rings (SSSR count). The number of hydrogen-bond acceptors (Lipinski definition) is 4. The lowest BCUT2D eigenvalue weighted by molar-refractivity contribution is 0.740. The van der Waals surface area contributed by atoms with Crippen LogP contribution in [0.4, 0.5) is 0 Å². The molecule has 0 radical (unpaired) electrons. The average molecular weight is 249 g/mol. The minimum Gasteiger partial charge on any atom is -0.373 e. The van der Waals surface area contributed by atoms with Crippen LogP contribution in [0.2, 0.25) is 0 Å². The molecule has 0 amide bonds. The Balaban J connectivity index is 1.94. The smallest absolute Gasteiger partial charge is 0.107 e. The molecule has 2 heterocycles. The normalized spacial score (nSPS) is 15.6. The molecule has 4 heteroatoms. The molecule has 0 spiro atoms. The molecule has 0 aromatic carbocycles. The zero-order valence-electron chi connectivity index (χ0n) is 10.4. The highest BCUT2D eigenvalue weighted by atomic mass is 32.2. The standard InChI is InChI=1S/C13H19N3S/c1-10(2)11-6-12(8-14-7-11)17-9-13-15-4-3-5-16-13/h6-8,10H,3-5,9H2,1-2H3,(H,15,16). The highest BCUT2D eigenvalue weighted by Gasteiger charge is 2.06. The summed E-state index contributed by atoms with van der Waals surface area (Å²) in [5.41, 5.74) is 1.30. The van der Waals surface area contributed by atoms with Crippen molar-refractivity contribution in [1.29, 1.82) is 0 Å². The van der Waals surface area contributed by atoms with E-state index in [-0.39, 0.29) is 0 Å². The molecule has 1 aliphatic rings. The zero-order valence-corrected chi connectivity index (χ0v) is 11.3. The predicted octanol–water partition coefficient (Wildman–Crippen LogP) is 2.69. The average Bonchev–Trinajstić information content (AvgIpc) is 2.38. The van der Waals surface area contributed by atoms with Crippen molar-refractivity contribution in [2.75, 3.05) is 18.8 Å². The summed E-state index contributed by atoms with van der Waals surface area (Å²) in [5, 5.41) is 3.34. The minimum atomic E-state index is 0.535. The lowest BCUT2D eigenvalue weighted by atomic mass is 10.1. The Bertz CT molecular complexity index is 401. The van der Waals surface area contributed by atoms with Crippen LogP contribution in [0.15, 0.2) is 28.3 Å². The summed E-state index contributed by atoms with van der Waals surface area (Å²) in [6.45, 7) is 6.41. The second kappa shape index (κ2) is 6.05. The van der Waals surface area contributed by atoms with Crippen LogP contribution in [0.25, 0.3) is 0 Å². The van der Waals surface area contributed by atoms with E-state index in [1.54, 1.807) is 11.8 Å². The molecule has 1 aliphatic heterocycles. The summed E-state index contributed by atoms with van der Waals surface area (Å²) in [4.78, 5) is 9.98. The highest BCUT2D eigenvalue weighted by molar-refractivity contribution is 8.00. The number of aromatic nitrogens is 1. The molecule has 0 atom stereocenters. The van der Waals surface area contributed by atoms with Gasteiger partial charge in [-0.25, -0.2) is 0 Å². The van der Waals surface area contributed by atoms with Crippen LogP contribution in [0.5, 0.6) is 0 Å². The van der Waals surface area contributed by atoms with E-state index < -0.39 is 0 Å². The Kier molecular flexibility index (Phi) is 4.42. The van der Waals surface area contributed by atoms with Crippen molar-refractivity contribution < 1.29 is 0 Å². The first kappa shape index (κ1) is 12.4. The maximum Gasteiger partial charge on any atom is 0.107 e. The zero-order chi connectivity index (χ0) is 12.1. The van der Waals surface area contributed by atoms with Crippen LogP contribution in [0.1, 0.15) is 31.7 Å². The molecule has 3 nitrogen and oxygen atoms in total. The Morgan fingerprint density at radius 3 is 3.00 bits per heavy atom. The highest BCUT2D eigenvalue weighted by Crippen LogP contribution is 2.21. The van der Waals surface area contributed by atoms with Gasteiger partial charge in [-0.3, -0.25) is 9.98 Å². The van der Waals surface area contributed by atoms with Gasteiger partial charge in [0.25, 0.3) is 0 Å². The second-order valence-electron chi connectivity index (χ2n) is 4.51. The van der Waals surface area contributed by atoms with Gasteiger partial charge in [0.05, 0.1) is 5.75 Å². The van der Waals surface area contributed by atoms with Crippen molar-refractivity contribution in [2.45, 2.75) is 31.1 Å².